The first-order valence-electron chi connectivity index (χ1n) is 47.1. The summed E-state index contributed by atoms with van der Waals surface area (Å²) in [5.41, 5.74) is 50.1. The number of aromatic nitrogens is 9. The molecule has 6 aliphatic heterocycles. The Morgan fingerprint density at radius 1 is 0.324 bits per heavy atom. The summed E-state index contributed by atoms with van der Waals surface area (Å²) in [7, 11) is 1.42. The maximum absolute atomic E-state index is 13.3. The molecule has 0 unspecified atom stereocenters. The number of allylic oxidation sites excluding steroid dienone is 2. The van der Waals surface area contributed by atoms with Gasteiger partial charge in [0.2, 0.25) is 0 Å². The van der Waals surface area contributed by atoms with Crippen LogP contribution in [0.15, 0.2) is 284 Å². The lowest BCUT2D eigenvalue weighted by Gasteiger charge is -2.44. The number of H-pyrrole nitrogens is 4. The molecular weight excluding hydrogens is 1670 g/mol. The van der Waals surface area contributed by atoms with Gasteiger partial charge >= 0.3 is 12.8 Å². The van der Waals surface area contributed by atoms with Crippen molar-refractivity contribution in [3.63, 3.8) is 0 Å². The van der Waals surface area contributed by atoms with Crippen LogP contribution in [0.2, 0.25) is 0 Å². The zero-order valence-electron chi connectivity index (χ0n) is 78.7. The average Bonchev–Trinajstić information content (AvgIpc) is 1.51. The number of carbonyl (C=O) groups excluding carboxylic acids is 1. The number of nitrogens with one attached hydrogen (secondary N) is 4. The highest BCUT2D eigenvalue weighted by atomic mass is 16.6. The van der Waals surface area contributed by atoms with E-state index in [2.05, 4.69) is 415 Å². The van der Waals surface area contributed by atoms with Crippen molar-refractivity contribution in [1.29, 1.82) is 0 Å². The van der Waals surface area contributed by atoms with Gasteiger partial charge in [0.1, 0.15) is 5.71 Å². The lowest BCUT2D eigenvalue weighted by atomic mass is 9.77. The minimum absolute atomic E-state index is 0.149. The molecule has 0 spiro atoms. The van der Waals surface area contributed by atoms with Gasteiger partial charge in [0.25, 0.3) is 0 Å². The molecule has 0 radical (unpaired) electrons. The first-order chi connectivity index (χ1) is 66.2. The van der Waals surface area contributed by atoms with E-state index in [1.54, 1.807) is 0 Å². The largest absolute Gasteiger partial charge is 0.666 e. The normalized spacial score (nSPS) is 13.5. The number of fused-ring (bicyclic) bond motifs is 18. The molecule has 0 saturated heterocycles. The third-order valence-electron chi connectivity index (χ3n) is 28.1. The molecule has 22 rings (SSSR count). The minimum Gasteiger partial charge on any atom is -0.480 e. The van der Waals surface area contributed by atoms with Crippen molar-refractivity contribution >= 4 is 117 Å². The Bertz CT molecular complexity index is 7770. The van der Waals surface area contributed by atoms with Crippen LogP contribution in [0.3, 0.4) is 0 Å². The van der Waals surface area contributed by atoms with Crippen LogP contribution < -0.4 is 0 Å². The van der Waals surface area contributed by atoms with Crippen molar-refractivity contribution in [3.8, 4) is 89.0 Å². The molecule has 0 saturated carbocycles. The third-order valence-corrected chi connectivity index (χ3v) is 28.1. The summed E-state index contributed by atoms with van der Waals surface area (Å²) in [6.45, 7) is 23.7. The van der Waals surface area contributed by atoms with Crippen LogP contribution in [0.4, 0.5) is 0 Å². The number of ether oxygens (including phenoxy) is 1. The van der Waals surface area contributed by atoms with E-state index in [0.29, 0.717) is 5.56 Å². The van der Waals surface area contributed by atoms with Crippen molar-refractivity contribution in [2.24, 2.45) is 0 Å². The van der Waals surface area contributed by atoms with Gasteiger partial charge in [-0.3, -0.25) is 0 Å². The molecule has 16 bridgehead atoms. The predicted octanol–water partition coefficient (Wildman–Crippen LogP) is 29.3. The Balaban J connectivity index is 0.703. The van der Waals surface area contributed by atoms with Crippen molar-refractivity contribution in [2.45, 2.75) is 109 Å². The van der Waals surface area contributed by atoms with Gasteiger partial charge in [-0.1, -0.05) is 253 Å². The average molecular weight is 1770 g/mol. The molecule has 0 amide bonds. The number of hydrogen-bond donors (Lipinski definition) is 4. The predicted molar refractivity (Wildman–Crippen MR) is 561 cm³/mol. The number of aromatic amines is 4. The summed E-state index contributed by atoms with van der Waals surface area (Å²) in [6, 6.07) is 95.4. The van der Waals surface area contributed by atoms with Gasteiger partial charge in [-0.05, 0) is 262 Å². The van der Waals surface area contributed by atoms with Gasteiger partial charge in [-0.25, -0.2) is 24.7 Å². The van der Waals surface area contributed by atoms with E-state index in [-0.39, 0.29) is 13.2 Å². The van der Waals surface area contributed by atoms with Crippen LogP contribution in [-0.4, -0.2) is 74.4 Å². The Hall–Kier alpha value is -15.9. The summed E-state index contributed by atoms with van der Waals surface area (Å²) >= 11 is 0. The SMILES string of the molecule is CCC1=C(C)C2=C(c3ccc(C(=O)OC)cc3)c3c(C)c(CC)c(C)n3[B-](OCc3ccc(-c4c5nc(c(-c6ccc(C)cc6)c6ccc([nH]6)c(-c6ccc(C)cc6)c6nc(c(-c7ccc(C)cc7)c7ccc4[nH]7)C=C6)C=C5)cc3)(OCc3ccc(-c4c5nc(c(-c6ccc(C)cc6)c6ccc([nH]6)c(-c6ccc(C)cc6)c6nc(c(-c7ccc(C)cc7)c7ccc4[nH]7)C=C6)C=C5)cc3)[N+]2=C1C. The fraction of sp³-hybridized carbons (Fsp3) is 0.140. The number of rotatable bonds is 18. The van der Waals surface area contributed by atoms with E-state index in [4.69, 9.17) is 34.0 Å². The second-order valence-corrected chi connectivity index (χ2v) is 36.8. The summed E-state index contributed by atoms with van der Waals surface area (Å²) in [4.78, 5) is 51.9. The maximum Gasteiger partial charge on any atom is 0.666 e. The smallest absolute Gasteiger partial charge is 0.480 e. The van der Waals surface area contributed by atoms with E-state index in [9.17, 15) is 4.79 Å². The quantitative estimate of drug-likeness (QED) is 0.0486. The van der Waals surface area contributed by atoms with Crippen molar-refractivity contribution < 1.29 is 23.3 Å². The summed E-state index contributed by atoms with van der Waals surface area (Å²) in [5, 5.41) is 0. The van der Waals surface area contributed by atoms with E-state index in [0.717, 1.165) is 248 Å². The molecule has 9 aromatic carbocycles. The molecule has 4 N–H and O–H groups in total. The van der Waals surface area contributed by atoms with E-state index >= 15 is 0 Å². The molecule has 16 aromatic rings. The number of hydrogen-bond acceptors (Lipinski definition) is 8. The van der Waals surface area contributed by atoms with E-state index < -0.39 is 12.8 Å². The van der Waals surface area contributed by atoms with Crippen LogP contribution in [0.1, 0.15) is 163 Å². The number of methoxy groups -OCH3 is 1. The molecular formula is C121H103BN10O4. The topological polar surface area (TPSA) is 167 Å². The summed E-state index contributed by atoms with van der Waals surface area (Å²) < 4.78 is 26.3. The van der Waals surface area contributed by atoms with Gasteiger partial charge in [0.05, 0.1) is 63.8 Å². The molecule has 0 atom stereocenters. The number of aryl methyl sites for hydroxylation is 6. The monoisotopic (exact) mass is 1770 g/mol. The highest BCUT2D eigenvalue weighted by Crippen LogP contribution is 2.50. The van der Waals surface area contributed by atoms with Crippen LogP contribution >= 0.6 is 0 Å². The lowest BCUT2D eigenvalue weighted by molar-refractivity contribution is -0.388. The number of nitrogens with zero attached hydrogens (tertiary/aromatic N) is 6. The highest BCUT2D eigenvalue weighted by molar-refractivity contribution is 6.60. The molecule has 0 fully saturated rings. The molecule has 7 aromatic heterocycles. The molecule has 136 heavy (non-hydrogen) atoms. The summed E-state index contributed by atoms with van der Waals surface area (Å²) in [6.07, 6.45) is 18.8. The molecule has 0 aliphatic carbocycles. The first kappa shape index (κ1) is 85.5. The van der Waals surface area contributed by atoms with Crippen molar-refractivity contribution in [3.05, 3.63) is 407 Å². The van der Waals surface area contributed by atoms with Gasteiger partial charge in [0, 0.05) is 126 Å². The van der Waals surface area contributed by atoms with Crippen LogP contribution in [0.5, 0.6) is 0 Å². The molecule has 664 valence electrons. The molecule has 13 heterocycles. The highest BCUT2D eigenvalue weighted by Gasteiger charge is 2.58. The van der Waals surface area contributed by atoms with E-state index in [1.165, 1.54) is 51.6 Å². The number of carbonyl (C=O) groups is 1. The Labute approximate surface area is 792 Å². The Morgan fingerprint density at radius 3 is 0.816 bits per heavy atom. The van der Waals surface area contributed by atoms with Crippen molar-refractivity contribution in [2.75, 3.05) is 7.11 Å². The van der Waals surface area contributed by atoms with Gasteiger partial charge < -0.3 is 42.9 Å². The van der Waals surface area contributed by atoms with Crippen LogP contribution in [0.25, 0.3) is 187 Å². The standard InChI is InChI=1S/C121H103BN10O4/c1-14-92-76(9)119-118(90-48-50-91(51-49-90)121(133)134-13)120-77(10)93(15-2)79(12)132(120)122(131(119)78(92)11,135-68-80-28-44-88(45-29-80)116-106-64-60-102(127-106)112(84-36-20-72(5)21-37-84)98-56-52-94(123-98)110(82-32-16-70(3)17-33-82)95-53-57-99(124-95)113(103-61-65-107(116)128-103)85-38-22-73(6)23-39-85)136-69-81-30-46-89(47-31-81)117-108-66-62-104(129-108)114(86-40-24-74(7)25-41-86)100-58-54-96(125-100)111(83-34-18-71(4)19-35-83)97-55-59-101(126-97)115(105-63-67-109(117)130-105)87-42-26-75(8)27-43-87/h16-67,123,125,128,130H,14-15,68-69H2,1-13H3. The lowest BCUT2D eigenvalue weighted by Crippen LogP contribution is -2.62. The fourth-order valence-corrected chi connectivity index (χ4v) is 21.1. The van der Waals surface area contributed by atoms with Crippen molar-refractivity contribution in [1.82, 2.24) is 44.3 Å². The maximum atomic E-state index is 13.3. The Kier molecular flexibility index (Phi) is 21.8. The second-order valence-electron chi connectivity index (χ2n) is 36.8. The first-order valence-corrected chi connectivity index (χ1v) is 47.1. The van der Waals surface area contributed by atoms with Gasteiger partial charge in [0.15, 0.2) is 5.70 Å². The minimum atomic E-state index is -2.78. The second kappa shape index (κ2) is 34.6. The number of esters is 1. The fourth-order valence-electron chi connectivity index (χ4n) is 21.1. The van der Waals surface area contributed by atoms with Crippen LogP contribution in [0, 0.1) is 55.4 Å². The zero-order chi connectivity index (χ0) is 93.1. The molecule has 14 nitrogen and oxygen atoms in total. The van der Waals surface area contributed by atoms with Crippen LogP contribution in [-0.2, 0) is 33.7 Å². The molecule has 15 heteroatoms. The Morgan fingerprint density at radius 2 is 0.574 bits per heavy atom. The van der Waals surface area contributed by atoms with E-state index in [1.807, 2.05) is 12.1 Å². The summed E-state index contributed by atoms with van der Waals surface area (Å²) in [5.74, 6) is -0.398. The third kappa shape index (κ3) is 15.0. The molecule has 6 aliphatic rings. The zero-order valence-corrected chi connectivity index (χ0v) is 78.7. The van der Waals surface area contributed by atoms with Gasteiger partial charge in [-0.2, -0.15) is 0 Å². The van der Waals surface area contributed by atoms with Gasteiger partial charge in [-0.15, -0.1) is 0 Å². The number of benzene rings is 9.